The largest absolute Gasteiger partial charge is 0.444 e. The zero-order chi connectivity index (χ0) is 18.0. The summed E-state index contributed by atoms with van der Waals surface area (Å²) in [7, 11) is 0. The Labute approximate surface area is 148 Å². The number of hydrogen-bond acceptors (Lipinski definition) is 5. The zero-order valence-corrected chi connectivity index (χ0v) is 16.0. The van der Waals surface area contributed by atoms with Crippen molar-refractivity contribution in [2.45, 2.75) is 46.6 Å². The molecule has 1 amide bonds. The molecule has 0 saturated heterocycles. The maximum atomic E-state index is 11.5. The molecule has 0 unspecified atom stereocenters. The van der Waals surface area contributed by atoms with E-state index in [-0.39, 0.29) is 0 Å². The average Bonchev–Trinajstić information content (AvgIpc) is 2.87. The van der Waals surface area contributed by atoms with E-state index < -0.39 is 11.7 Å². The van der Waals surface area contributed by atoms with E-state index in [9.17, 15) is 4.79 Å². The van der Waals surface area contributed by atoms with Crippen LogP contribution in [0.5, 0.6) is 0 Å². The number of aromatic nitrogens is 1. The molecule has 0 bridgehead atoms. The predicted octanol–water partition coefficient (Wildman–Crippen LogP) is 2.07. The molecular weight excluding hydrogens is 326 g/mol. The molecule has 0 aliphatic heterocycles. The number of ether oxygens (including phenoxy) is 1. The molecule has 1 heterocycles. The summed E-state index contributed by atoms with van der Waals surface area (Å²) in [4.78, 5) is 20.5. The third-order valence-corrected chi connectivity index (χ3v) is 3.56. The molecule has 0 atom stereocenters. The first-order valence-corrected chi connectivity index (χ1v) is 9.08. The lowest BCUT2D eigenvalue weighted by Gasteiger charge is -2.19. The molecule has 3 N–H and O–H groups in total. The van der Waals surface area contributed by atoms with Gasteiger partial charge in [-0.2, -0.15) is 0 Å². The number of thiazole rings is 1. The standard InChI is InChI=1S/C16H29N5O2S/c1-6-17-14(18-8-7-13-11-24-12(2)21-13)19-9-10-20-15(22)23-16(3,4)5/h11H,6-10H2,1-5H3,(H,20,22)(H2,17,18,19). The molecule has 8 heteroatoms. The highest BCUT2D eigenvalue weighted by Crippen LogP contribution is 2.08. The van der Waals surface area contributed by atoms with Crippen LogP contribution in [0.1, 0.15) is 38.4 Å². The van der Waals surface area contributed by atoms with Gasteiger partial charge in [0.25, 0.3) is 0 Å². The van der Waals surface area contributed by atoms with Crippen LogP contribution >= 0.6 is 11.3 Å². The van der Waals surface area contributed by atoms with Crippen molar-refractivity contribution < 1.29 is 9.53 Å². The van der Waals surface area contributed by atoms with Crippen molar-refractivity contribution in [1.29, 1.82) is 0 Å². The van der Waals surface area contributed by atoms with E-state index in [0.29, 0.717) is 19.6 Å². The van der Waals surface area contributed by atoms with E-state index in [2.05, 4.69) is 31.3 Å². The zero-order valence-electron chi connectivity index (χ0n) is 15.2. The minimum absolute atomic E-state index is 0.412. The second-order valence-corrected chi connectivity index (χ2v) is 7.29. The molecule has 0 aliphatic carbocycles. The van der Waals surface area contributed by atoms with Gasteiger partial charge < -0.3 is 20.7 Å². The molecule has 7 nitrogen and oxygen atoms in total. The SMILES string of the molecule is CCNC(=NCCc1csc(C)n1)NCCNC(=O)OC(C)(C)C. The molecule has 1 rings (SSSR count). The number of aliphatic imine (C=N–C) groups is 1. The highest BCUT2D eigenvalue weighted by Gasteiger charge is 2.15. The third kappa shape index (κ3) is 9.34. The first kappa shape index (κ1) is 20.2. The number of aryl methyl sites for hydroxylation is 1. The molecule has 136 valence electrons. The van der Waals surface area contributed by atoms with Crippen LogP contribution < -0.4 is 16.0 Å². The van der Waals surface area contributed by atoms with Gasteiger partial charge in [-0.15, -0.1) is 11.3 Å². The second kappa shape index (κ2) is 10.1. The molecule has 24 heavy (non-hydrogen) atoms. The summed E-state index contributed by atoms with van der Waals surface area (Å²) < 4.78 is 5.18. The summed E-state index contributed by atoms with van der Waals surface area (Å²) in [5.41, 5.74) is 0.589. The minimum atomic E-state index is -0.484. The summed E-state index contributed by atoms with van der Waals surface area (Å²) >= 11 is 1.65. The molecule has 0 aromatic carbocycles. The third-order valence-electron chi connectivity index (χ3n) is 2.73. The lowest BCUT2D eigenvalue weighted by atomic mass is 10.2. The van der Waals surface area contributed by atoms with Gasteiger partial charge in [-0.05, 0) is 34.6 Å². The molecule has 0 radical (unpaired) electrons. The van der Waals surface area contributed by atoms with Gasteiger partial charge in [0.2, 0.25) is 0 Å². The van der Waals surface area contributed by atoms with Gasteiger partial charge in [0.15, 0.2) is 5.96 Å². The lowest BCUT2D eigenvalue weighted by Crippen LogP contribution is -2.42. The number of hydrogen-bond donors (Lipinski definition) is 3. The van der Waals surface area contributed by atoms with Crippen molar-refractivity contribution in [3.05, 3.63) is 16.1 Å². The van der Waals surface area contributed by atoms with Gasteiger partial charge in [-0.3, -0.25) is 4.99 Å². The van der Waals surface area contributed by atoms with E-state index in [1.54, 1.807) is 11.3 Å². The Morgan fingerprint density at radius 2 is 2.00 bits per heavy atom. The van der Waals surface area contributed by atoms with Gasteiger partial charge in [-0.1, -0.05) is 0 Å². The summed E-state index contributed by atoms with van der Waals surface area (Å²) in [6, 6.07) is 0. The molecule has 0 fully saturated rings. The highest BCUT2D eigenvalue weighted by atomic mass is 32.1. The van der Waals surface area contributed by atoms with Crippen molar-refractivity contribution in [2.75, 3.05) is 26.2 Å². The van der Waals surface area contributed by atoms with Crippen molar-refractivity contribution in [2.24, 2.45) is 4.99 Å². The molecule has 0 spiro atoms. The monoisotopic (exact) mass is 355 g/mol. The fourth-order valence-electron chi connectivity index (χ4n) is 1.81. The number of carbonyl (C=O) groups excluding carboxylic acids is 1. The van der Waals surface area contributed by atoms with Gasteiger partial charge in [-0.25, -0.2) is 9.78 Å². The molecular formula is C16H29N5O2S. The minimum Gasteiger partial charge on any atom is -0.444 e. The Balaban J connectivity index is 2.29. The van der Waals surface area contributed by atoms with E-state index in [0.717, 1.165) is 29.6 Å². The van der Waals surface area contributed by atoms with Crippen molar-refractivity contribution in [3.8, 4) is 0 Å². The van der Waals surface area contributed by atoms with Crippen LogP contribution in [0.3, 0.4) is 0 Å². The lowest BCUT2D eigenvalue weighted by molar-refractivity contribution is 0.0529. The van der Waals surface area contributed by atoms with E-state index in [1.165, 1.54) is 0 Å². The average molecular weight is 356 g/mol. The summed E-state index contributed by atoms with van der Waals surface area (Å²) in [5, 5.41) is 12.2. The fourth-order valence-corrected chi connectivity index (χ4v) is 2.45. The van der Waals surface area contributed by atoms with Crippen LogP contribution in [0.25, 0.3) is 0 Å². The van der Waals surface area contributed by atoms with E-state index >= 15 is 0 Å². The summed E-state index contributed by atoms with van der Waals surface area (Å²) in [6.07, 6.45) is 0.405. The van der Waals surface area contributed by atoms with Crippen LogP contribution in [0.4, 0.5) is 4.79 Å². The Kier molecular flexibility index (Phi) is 8.53. The molecule has 0 aliphatic rings. The maximum Gasteiger partial charge on any atom is 0.407 e. The van der Waals surface area contributed by atoms with Crippen molar-refractivity contribution >= 4 is 23.4 Å². The fraction of sp³-hybridized carbons (Fsp3) is 0.688. The van der Waals surface area contributed by atoms with Gasteiger partial charge in [0.1, 0.15) is 5.60 Å². The molecule has 1 aromatic rings. The highest BCUT2D eigenvalue weighted by molar-refractivity contribution is 7.09. The second-order valence-electron chi connectivity index (χ2n) is 6.22. The maximum absolute atomic E-state index is 11.5. The Bertz CT molecular complexity index is 537. The smallest absolute Gasteiger partial charge is 0.407 e. The molecule has 1 aromatic heterocycles. The number of nitrogens with one attached hydrogen (secondary N) is 3. The number of rotatable bonds is 7. The number of guanidine groups is 1. The quantitative estimate of drug-likeness (QED) is 0.396. The van der Waals surface area contributed by atoms with Crippen LogP contribution in [-0.2, 0) is 11.2 Å². The number of alkyl carbamates (subject to hydrolysis) is 1. The van der Waals surface area contributed by atoms with Crippen LogP contribution in [0.2, 0.25) is 0 Å². The van der Waals surface area contributed by atoms with E-state index in [4.69, 9.17) is 4.74 Å². The van der Waals surface area contributed by atoms with Crippen LogP contribution in [0.15, 0.2) is 10.4 Å². The topological polar surface area (TPSA) is 87.6 Å². The Hall–Kier alpha value is -1.83. The number of carbonyl (C=O) groups is 1. The van der Waals surface area contributed by atoms with E-state index in [1.807, 2.05) is 34.6 Å². The summed E-state index contributed by atoms with van der Waals surface area (Å²) in [5.74, 6) is 0.732. The first-order chi connectivity index (χ1) is 11.3. The Morgan fingerprint density at radius 3 is 2.58 bits per heavy atom. The number of amides is 1. The molecule has 0 saturated carbocycles. The van der Waals surface area contributed by atoms with Crippen molar-refractivity contribution in [1.82, 2.24) is 20.9 Å². The van der Waals surface area contributed by atoms with Crippen LogP contribution in [0, 0.1) is 6.92 Å². The normalized spacial score (nSPS) is 12.0. The van der Waals surface area contributed by atoms with Gasteiger partial charge >= 0.3 is 6.09 Å². The van der Waals surface area contributed by atoms with Gasteiger partial charge in [0, 0.05) is 38.0 Å². The first-order valence-electron chi connectivity index (χ1n) is 8.20. The predicted molar refractivity (Wildman–Crippen MR) is 98.8 cm³/mol. The van der Waals surface area contributed by atoms with Crippen molar-refractivity contribution in [3.63, 3.8) is 0 Å². The van der Waals surface area contributed by atoms with Crippen LogP contribution in [-0.4, -0.2) is 48.8 Å². The number of nitrogens with zero attached hydrogens (tertiary/aromatic N) is 2. The Morgan fingerprint density at radius 1 is 1.29 bits per heavy atom. The summed E-state index contributed by atoms with van der Waals surface area (Å²) in [6.45, 7) is 12.0. The van der Waals surface area contributed by atoms with Gasteiger partial charge in [0.05, 0.1) is 10.7 Å².